The molecule has 1 heterocycles. The molecule has 0 aliphatic carbocycles. The van der Waals surface area contributed by atoms with Crippen LogP contribution in [-0.2, 0) is 11.3 Å². The molecule has 1 saturated heterocycles. The zero-order valence-electron chi connectivity index (χ0n) is 14.3. The normalized spacial score (nSPS) is 15.4. The molecule has 2 aromatic rings. The number of nitrogens with zero attached hydrogens (tertiary/aromatic N) is 1. The lowest BCUT2D eigenvalue weighted by atomic mass is 10.1. The van der Waals surface area contributed by atoms with E-state index in [1.54, 1.807) is 0 Å². The Kier molecular flexibility index (Phi) is 7.30. The van der Waals surface area contributed by atoms with Gasteiger partial charge in [-0.15, -0.1) is 12.4 Å². The van der Waals surface area contributed by atoms with Gasteiger partial charge in [0.25, 0.3) is 0 Å². The average molecular weight is 380 g/mol. The van der Waals surface area contributed by atoms with Gasteiger partial charge >= 0.3 is 5.97 Å². The van der Waals surface area contributed by atoms with E-state index in [1.807, 2.05) is 49.4 Å². The second-order valence-corrected chi connectivity index (χ2v) is 6.75. The van der Waals surface area contributed by atoms with Crippen molar-refractivity contribution < 1.29 is 9.53 Å². The summed E-state index contributed by atoms with van der Waals surface area (Å²) < 4.78 is 5.65. The van der Waals surface area contributed by atoms with Crippen LogP contribution in [0.5, 0.6) is 0 Å². The fourth-order valence-electron chi connectivity index (χ4n) is 2.96. The molecule has 0 unspecified atom stereocenters. The SMILES string of the molecule is Cc1ccc(C(=O)OC2CCN(Cc3ccccc3Cl)CC2)cc1.Cl. The van der Waals surface area contributed by atoms with E-state index in [0.717, 1.165) is 48.6 Å². The average Bonchev–Trinajstić information content (AvgIpc) is 2.59. The fourth-order valence-corrected chi connectivity index (χ4v) is 3.16. The Morgan fingerprint density at radius 1 is 1.12 bits per heavy atom. The van der Waals surface area contributed by atoms with Crippen LogP contribution < -0.4 is 0 Å². The lowest BCUT2D eigenvalue weighted by molar-refractivity contribution is 0.0104. The highest BCUT2D eigenvalue weighted by Crippen LogP contribution is 2.21. The zero-order valence-corrected chi connectivity index (χ0v) is 15.9. The molecule has 0 amide bonds. The summed E-state index contributed by atoms with van der Waals surface area (Å²) in [6.07, 6.45) is 1.73. The number of hydrogen-bond donors (Lipinski definition) is 0. The van der Waals surface area contributed by atoms with Gasteiger partial charge < -0.3 is 4.74 Å². The number of aryl methyl sites for hydroxylation is 1. The summed E-state index contributed by atoms with van der Waals surface area (Å²) in [6.45, 7) is 4.68. The van der Waals surface area contributed by atoms with Crippen molar-refractivity contribution in [2.24, 2.45) is 0 Å². The molecule has 1 fully saturated rings. The van der Waals surface area contributed by atoms with Gasteiger partial charge in [0.1, 0.15) is 6.10 Å². The maximum atomic E-state index is 12.2. The zero-order chi connectivity index (χ0) is 16.9. The summed E-state index contributed by atoms with van der Waals surface area (Å²) >= 11 is 6.22. The van der Waals surface area contributed by atoms with E-state index in [1.165, 1.54) is 0 Å². The van der Waals surface area contributed by atoms with Crippen LogP contribution in [0.15, 0.2) is 48.5 Å². The minimum atomic E-state index is -0.223. The van der Waals surface area contributed by atoms with Crippen LogP contribution in [0.25, 0.3) is 0 Å². The van der Waals surface area contributed by atoms with Gasteiger partial charge in [-0.05, 0) is 43.5 Å². The standard InChI is InChI=1S/C20H22ClNO2.ClH/c1-15-6-8-16(9-7-15)20(23)24-18-10-12-22(13-11-18)14-17-4-2-3-5-19(17)21;/h2-9,18H,10-14H2,1H3;1H. The summed E-state index contributed by atoms with van der Waals surface area (Å²) in [5.41, 5.74) is 2.91. The molecule has 3 nitrogen and oxygen atoms in total. The molecule has 0 aromatic heterocycles. The van der Waals surface area contributed by atoms with Gasteiger partial charge in [-0.1, -0.05) is 47.5 Å². The Labute approximate surface area is 160 Å². The van der Waals surface area contributed by atoms with Gasteiger partial charge in [0.2, 0.25) is 0 Å². The fraction of sp³-hybridized carbons (Fsp3) is 0.350. The van der Waals surface area contributed by atoms with Crippen molar-refractivity contribution in [2.45, 2.75) is 32.4 Å². The van der Waals surface area contributed by atoms with Crippen molar-refractivity contribution in [1.29, 1.82) is 0 Å². The third-order valence-corrected chi connectivity index (χ3v) is 4.82. The van der Waals surface area contributed by atoms with Gasteiger partial charge in [0.05, 0.1) is 5.56 Å². The molecule has 0 N–H and O–H groups in total. The third-order valence-electron chi connectivity index (χ3n) is 4.45. The molecule has 0 radical (unpaired) electrons. The van der Waals surface area contributed by atoms with Gasteiger partial charge in [-0.2, -0.15) is 0 Å². The third kappa shape index (κ3) is 5.46. The number of benzene rings is 2. The second kappa shape index (κ2) is 9.23. The predicted octanol–water partition coefficient (Wildman–Crippen LogP) is 4.89. The van der Waals surface area contributed by atoms with Crippen LogP contribution in [0.1, 0.15) is 34.3 Å². The molecule has 2 aromatic carbocycles. The van der Waals surface area contributed by atoms with Gasteiger partial charge in [0.15, 0.2) is 0 Å². The first kappa shape index (κ1) is 19.8. The van der Waals surface area contributed by atoms with E-state index in [0.29, 0.717) is 5.56 Å². The van der Waals surface area contributed by atoms with E-state index >= 15 is 0 Å². The second-order valence-electron chi connectivity index (χ2n) is 6.34. The number of ether oxygens (including phenoxy) is 1. The highest BCUT2D eigenvalue weighted by Gasteiger charge is 2.23. The van der Waals surface area contributed by atoms with Crippen LogP contribution in [0.3, 0.4) is 0 Å². The Bertz CT molecular complexity index is 695. The minimum absolute atomic E-state index is 0. The van der Waals surface area contributed by atoms with E-state index in [-0.39, 0.29) is 24.5 Å². The maximum Gasteiger partial charge on any atom is 0.338 e. The monoisotopic (exact) mass is 379 g/mol. The molecule has 0 bridgehead atoms. The Morgan fingerprint density at radius 2 is 1.76 bits per heavy atom. The Balaban J connectivity index is 0.00000225. The number of halogens is 2. The largest absolute Gasteiger partial charge is 0.459 e. The molecule has 0 spiro atoms. The lowest BCUT2D eigenvalue weighted by Gasteiger charge is -2.31. The Morgan fingerprint density at radius 3 is 2.40 bits per heavy atom. The molecule has 5 heteroatoms. The highest BCUT2D eigenvalue weighted by molar-refractivity contribution is 6.31. The van der Waals surface area contributed by atoms with Crippen LogP contribution >= 0.6 is 24.0 Å². The summed E-state index contributed by atoms with van der Waals surface area (Å²) in [5.74, 6) is -0.223. The first-order valence-corrected chi connectivity index (χ1v) is 8.73. The molecule has 1 aliphatic heterocycles. The topological polar surface area (TPSA) is 29.5 Å². The Hall–Kier alpha value is -1.55. The van der Waals surface area contributed by atoms with Crippen LogP contribution in [0.4, 0.5) is 0 Å². The number of carbonyl (C=O) groups excluding carboxylic acids is 1. The van der Waals surface area contributed by atoms with Crippen molar-refractivity contribution >= 4 is 30.0 Å². The van der Waals surface area contributed by atoms with Gasteiger partial charge in [0, 0.05) is 24.7 Å². The smallest absolute Gasteiger partial charge is 0.338 e. The van der Waals surface area contributed by atoms with Crippen LogP contribution in [-0.4, -0.2) is 30.1 Å². The number of likely N-dealkylation sites (tertiary alicyclic amines) is 1. The van der Waals surface area contributed by atoms with E-state index in [2.05, 4.69) is 11.0 Å². The molecular weight excluding hydrogens is 357 g/mol. The van der Waals surface area contributed by atoms with Crippen molar-refractivity contribution in [3.63, 3.8) is 0 Å². The molecule has 0 atom stereocenters. The van der Waals surface area contributed by atoms with Crippen molar-refractivity contribution in [3.8, 4) is 0 Å². The summed E-state index contributed by atoms with van der Waals surface area (Å²) in [5, 5.41) is 0.811. The van der Waals surface area contributed by atoms with E-state index in [4.69, 9.17) is 16.3 Å². The van der Waals surface area contributed by atoms with E-state index < -0.39 is 0 Å². The maximum absolute atomic E-state index is 12.2. The highest BCUT2D eigenvalue weighted by atomic mass is 35.5. The summed E-state index contributed by atoms with van der Waals surface area (Å²) in [6, 6.07) is 15.5. The van der Waals surface area contributed by atoms with Crippen LogP contribution in [0.2, 0.25) is 5.02 Å². The van der Waals surface area contributed by atoms with E-state index in [9.17, 15) is 4.79 Å². The summed E-state index contributed by atoms with van der Waals surface area (Å²) in [4.78, 5) is 14.5. The molecule has 0 saturated carbocycles. The number of esters is 1. The molecule has 134 valence electrons. The van der Waals surface area contributed by atoms with Crippen molar-refractivity contribution in [2.75, 3.05) is 13.1 Å². The predicted molar refractivity (Wildman–Crippen MR) is 104 cm³/mol. The first-order valence-electron chi connectivity index (χ1n) is 8.35. The molecular formula is C20H23Cl2NO2. The summed E-state index contributed by atoms with van der Waals surface area (Å²) in [7, 11) is 0. The quantitative estimate of drug-likeness (QED) is 0.708. The molecule has 3 rings (SSSR count). The van der Waals surface area contributed by atoms with Crippen LogP contribution in [0, 0.1) is 6.92 Å². The first-order chi connectivity index (χ1) is 11.6. The molecule has 25 heavy (non-hydrogen) atoms. The molecule has 1 aliphatic rings. The number of rotatable bonds is 4. The lowest BCUT2D eigenvalue weighted by Crippen LogP contribution is -2.37. The number of piperidine rings is 1. The minimum Gasteiger partial charge on any atom is -0.459 e. The number of hydrogen-bond acceptors (Lipinski definition) is 3. The van der Waals surface area contributed by atoms with Gasteiger partial charge in [-0.3, -0.25) is 4.90 Å². The van der Waals surface area contributed by atoms with Crippen molar-refractivity contribution in [3.05, 3.63) is 70.2 Å². The van der Waals surface area contributed by atoms with Gasteiger partial charge in [-0.25, -0.2) is 4.79 Å². The van der Waals surface area contributed by atoms with Crippen molar-refractivity contribution in [1.82, 2.24) is 4.90 Å². The number of carbonyl (C=O) groups is 1.